The summed E-state index contributed by atoms with van der Waals surface area (Å²) in [5, 5.41) is 0. The second kappa shape index (κ2) is 3.99. The first-order valence-electron chi connectivity index (χ1n) is 4.17. The van der Waals surface area contributed by atoms with Gasteiger partial charge in [0, 0.05) is 11.8 Å². The van der Waals surface area contributed by atoms with Crippen LogP contribution in [0.5, 0.6) is 0 Å². The van der Waals surface area contributed by atoms with Crippen molar-refractivity contribution >= 4 is 17.7 Å². The fourth-order valence-corrected chi connectivity index (χ4v) is 2.78. The largest absolute Gasteiger partial charge is 0.326 e. The highest BCUT2D eigenvalue weighted by Gasteiger charge is 2.29. The Morgan fingerprint density at radius 2 is 2.42 bits per heavy atom. The van der Waals surface area contributed by atoms with Crippen LogP contribution >= 0.6 is 11.8 Å². The van der Waals surface area contributed by atoms with Crippen LogP contribution in [0.25, 0.3) is 0 Å². The van der Waals surface area contributed by atoms with Gasteiger partial charge in [-0.05, 0) is 12.0 Å². The topological polar surface area (TPSA) is 20.3 Å². The van der Waals surface area contributed by atoms with Crippen LogP contribution in [0, 0.1) is 5.92 Å². The lowest BCUT2D eigenvalue weighted by molar-refractivity contribution is -0.127. The van der Waals surface area contributed by atoms with Gasteiger partial charge in [-0.25, -0.2) is 0 Å². The van der Waals surface area contributed by atoms with Gasteiger partial charge in [0.2, 0.25) is 5.91 Å². The lowest BCUT2D eigenvalue weighted by Gasteiger charge is -2.25. The van der Waals surface area contributed by atoms with Crippen molar-refractivity contribution in [3.8, 4) is 0 Å². The van der Waals surface area contributed by atoms with Crippen molar-refractivity contribution in [1.82, 2.24) is 4.90 Å². The molecule has 1 atom stereocenters. The molecule has 1 fully saturated rings. The second-order valence-corrected chi connectivity index (χ2v) is 4.32. The Labute approximate surface area is 78.0 Å². The minimum absolute atomic E-state index is 0.0682. The molecule has 0 aliphatic carbocycles. The van der Waals surface area contributed by atoms with E-state index in [0.29, 0.717) is 12.0 Å². The van der Waals surface area contributed by atoms with Crippen LogP contribution in [0.2, 0.25) is 0 Å². The molecule has 0 aromatic rings. The van der Waals surface area contributed by atoms with Gasteiger partial charge in [-0.1, -0.05) is 20.4 Å². The Bertz CT molecular complexity index is 191. The molecule has 0 radical (unpaired) electrons. The number of hydrogen-bond acceptors (Lipinski definition) is 2. The maximum Gasteiger partial charge on any atom is 0.246 e. The predicted octanol–water partition coefficient (Wildman–Crippen LogP) is 1.73. The van der Waals surface area contributed by atoms with Crippen molar-refractivity contribution in [2.24, 2.45) is 5.92 Å². The van der Waals surface area contributed by atoms with E-state index in [9.17, 15) is 4.79 Å². The zero-order valence-corrected chi connectivity index (χ0v) is 8.43. The standard InChI is InChI=1S/C9H15NOS/c1-4-9(11)10-6-12-5-8(10)7(2)3/h4,7-8H,1,5-6H2,2-3H3. The molecule has 1 aliphatic heterocycles. The van der Waals surface area contributed by atoms with E-state index in [1.54, 1.807) is 0 Å². The number of amides is 1. The van der Waals surface area contributed by atoms with E-state index in [1.807, 2.05) is 16.7 Å². The average Bonchev–Trinajstić information content (AvgIpc) is 2.50. The smallest absolute Gasteiger partial charge is 0.246 e. The third kappa shape index (κ3) is 1.83. The molecule has 1 aliphatic rings. The number of thioether (sulfide) groups is 1. The van der Waals surface area contributed by atoms with Gasteiger partial charge in [0.15, 0.2) is 0 Å². The van der Waals surface area contributed by atoms with Crippen molar-refractivity contribution in [2.45, 2.75) is 19.9 Å². The van der Waals surface area contributed by atoms with E-state index in [4.69, 9.17) is 0 Å². The highest BCUT2D eigenvalue weighted by Crippen LogP contribution is 2.25. The van der Waals surface area contributed by atoms with Crippen LogP contribution in [-0.4, -0.2) is 28.5 Å². The molecular weight excluding hydrogens is 170 g/mol. The molecule has 12 heavy (non-hydrogen) atoms. The number of hydrogen-bond donors (Lipinski definition) is 0. The van der Waals surface area contributed by atoms with E-state index in [-0.39, 0.29) is 5.91 Å². The molecule has 1 amide bonds. The minimum atomic E-state index is 0.0682. The lowest BCUT2D eigenvalue weighted by atomic mass is 10.1. The molecule has 0 aromatic heterocycles. The molecule has 1 heterocycles. The maximum absolute atomic E-state index is 11.3. The van der Waals surface area contributed by atoms with Gasteiger partial charge in [-0.3, -0.25) is 4.79 Å². The van der Waals surface area contributed by atoms with Crippen molar-refractivity contribution in [2.75, 3.05) is 11.6 Å². The number of rotatable bonds is 2. The van der Waals surface area contributed by atoms with E-state index in [0.717, 1.165) is 11.6 Å². The van der Waals surface area contributed by atoms with E-state index >= 15 is 0 Å². The van der Waals surface area contributed by atoms with Gasteiger partial charge < -0.3 is 4.90 Å². The van der Waals surface area contributed by atoms with E-state index < -0.39 is 0 Å². The van der Waals surface area contributed by atoms with Gasteiger partial charge in [0.25, 0.3) is 0 Å². The summed E-state index contributed by atoms with van der Waals surface area (Å²) in [6.07, 6.45) is 1.40. The van der Waals surface area contributed by atoms with E-state index in [2.05, 4.69) is 20.4 Å². The molecule has 1 rings (SSSR count). The van der Waals surface area contributed by atoms with Crippen molar-refractivity contribution in [3.63, 3.8) is 0 Å². The number of carbonyl (C=O) groups is 1. The molecular formula is C9H15NOS. The summed E-state index contributed by atoms with van der Waals surface area (Å²) in [4.78, 5) is 13.2. The van der Waals surface area contributed by atoms with Crippen LogP contribution in [0.4, 0.5) is 0 Å². The first-order chi connectivity index (χ1) is 5.66. The highest BCUT2D eigenvalue weighted by atomic mass is 32.2. The Kier molecular flexibility index (Phi) is 3.20. The first-order valence-corrected chi connectivity index (χ1v) is 5.33. The van der Waals surface area contributed by atoms with Crippen LogP contribution in [-0.2, 0) is 4.79 Å². The molecule has 0 aromatic carbocycles. The SMILES string of the molecule is C=CC(=O)N1CSCC1C(C)C. The molecule has 0 spiro atoms. The second-order valence-electron chi connectivity index (χ2n) is 3.32. The molecule has 1 saturated heterocycles. The zero-order valence-electron chi connectivity index (χ0n) is 7.62. The van der Waals surface area contributed by atoms with Crippen LogP contribution in [0.1, 0.15) is 13.8 Å². The molecule has 1 unspecified atom stereocenters. The van der Waals surface area contributed by atoms with Crippen molar-refractivity contribution in [3.05, 3.63) is 12.7 Å². The fraction of sp³-hybridized carbons (Fsp3) is 0.667. The first kappa shape index (κ1) is 9.65. The summed E-state index contributed by atoms with van der Waals surface area (Å²) in [7, 11) is 0. The molecule has 0 saturated carbocycles. The van der Waals surface area contributed by atoms with Gasteiger partial charge >= 0.3 is 0 Å². The summed E-state index contributed by atoms with van der Waals surface area (Å²) in [6, 6.07) is 0.403. The highest BCUT2D eigenvalue weighted by molar-refractivity contribution is 7.99. The Balaban J connectivity index is 2.63. The molecule has 68 valence electrons. The maximum atomic E-state index is 11.3. The Hall–Kier alpha value is -0.440. The summed E-state index contributed by atoms with van der Waals surface area (Å²) in [5.74, 6) is 2.51. The van der Waals surface area contributed by atoms with Crippen LogP contribution < -0.4 is 0 Å². The van der Waals surface area contributed by atoms with Gasteiger partial charge in [0.05, 0.1) is 5.88 Å². The third-order valence-electron chi connectivity index (χ3n) is 2.15. The monoisotopic (exact) mass is 185 g/mol. The van der Waals surface area contributed by atoms with Gasteiger partial charge in [0.1, 0.15) is 0 Å². The predicted molar refractivity (Wildman–Crippen MR) is 53.0 cm³/mol. The summed E-state index contributed by atoms with van der Waals surface area (Å²) in [5.41, 5.74) is 0. The molecule has 2 nitrogen and oxygen atoms in total. The summed E-state index contributed by atoms with van der Waals surface area (Å²) < 4.78 is 0. The molecule has 0 N–H and O–H groups in total. The quantitative estimate of drug-likeness (QED) is 0.611. The minimum Gasteiger partial charge on any atom is -0.326 e. The van der Waals surface area contributed by atoms with E-state index in [1.165, 1.54) is 6.08 Å². The van der Waals surface area contributed by atoms with Crippen molar-refractivity contribution < 1.29 is 4.79 Å². The fourth-order valence-electron chi connectivity index (χ4n) is 1.35. The number of carbonyl (C=O) groups excluding carboxylic acids is 1. The van der Waals surface area contributed by atoms with Gasteiger partial charge in [-0.15, -0.1) is 11.8 Å². The number of nitrogens with zero attached hydrogens (tertiary/aromatic N) is 1. The van der Waals surface area contributed by atoms with Crippen molar-refractivity contribution in [1.29, 1.82) is 0 Å². The summed E-state index contributed by atoms with van der Waals surface area (Å²) >= 11 is 1.82. The molecule has 3 heteroatoms. The van der Waals surface area contributed by atoms with Gasteiger partial charge in [-0.2, -0.15) is 0 Å². The average molecular weight is 185 g/mol. The Morgan fingerprint density at radius 3 is 2.92 bits per heavy atom. The third-order valence-corrected chi connectivity index (χ3v) is 3.18. The normalized spacial score (nSPS) is 23.2. The molecule has 0 bridgehead atoms. The Morgan fingerprint density at radius 1 is 1.75 bits per heavy atom. The van der Waals surface area contributed by atoms with Crippen LogP contribution in [0.3, 0.4) is 0 Å². The lowest BCUT2D eigenvalue weighted by Crippen LogP contribution is -2.38. The van der Waals surface area contributed by atoms with Crippen LogP contribution in [0.15, 0.2) is 12.7 Å². The zero-order chi connectivity index (χ0) is 9.14. The summed E-state index contributed by atoms with van der Waals surface area (Å²) in [6.45, 7) is 7.80.